The van der Waals surface area contributed by atoms with E-state index >= 15 is 0 Å². The first-order valence-electron chi connectivity index (χ1n) is 4.53. The molecule has 0 aliphatic rings. The third-order valence-electron chi connectivity index (χ3n) is 2.06. The van der Waals surface area contributed by atoms with Crippen molar-refractivity contribution in [2.24, 2.45) is 0 Å². The molecule has 15 heavy (non-hydrogen) atoms. The van der Waals surface area contributed by atoms with Crippen molar-refractivity contribution in [1.82, 2.24) is 15.0 Å². The van der Waals surface area contributed by atoms with Crippen molar-refractivity contribution < 1.29 is 9.50 Å². The van der Waals surface area contributed by atoms with Gasteiger partial charge in [-0.05, 0) is 17.7 Å². The van der Waals surface area contributed by atoms with Crippen LogP contribution < -0.4 is 0 Å². The Kier molecular flexibility index (Phi) is 2.73. The van der Waals surface area contributed by atoms with Gasteiger partial charge in [0.1, 0.15) is 11.9 Å². The third kappa shape index (κ3) is 2.38. The predicted octanol–water partition coefficient (Wildman–Crippen LogP) is 1.15. The molecule has 0 saturated carbocycles. The van der Waals surface area contributed by atoms with Crippen LogP contribution in [0.2, 0.25) is 0 Å². The quantitative estimate of drug-likeness (QED) is 0.821. The summed E-state index contributed by atoms with van der Waals surface area (Å²) in [7, 11) is 0. The summed E-state index contributed by atoms with van der Waals surface area (Å²) in [5, 5.41) is 17.5. The lowest BCUT2D eigenvalue weighted by Crippen LogP contribution is -2.11. The van der Waals surface area contributed by atoms with Gasteiger partial charge in [-0.2, -0.15) is 15.0 Å². The average molecular weight is 207 g/mol. The van der Waals surface area contributed by atoms with Crippen LogP contribution in [0.3, 0.4) is 0 Å². The molecule has 0 amide bonds. The van der Waals surface area contributed by atoms with Crippen LogP contribution in [-0.4, -0.2) is 20.1 Å². The minimum Gasteiger partial charge on any atom is -0.386 e. The highest BCUT2D eigenvalue weighted by Crippen LogP contribution is 2.14. The molecule has 1 atom stereocenters. The van der Waals surface area contributed by atoms with Crippen molar-refractivity contribution in [1.29, 1.82) is 0 Å². The molecule has 2 aromatic rings. The Bertz CT molecular complexity index is 413. The normalized spacial score (nSPS) is 12.7. The Morgan fingerprint density at radius 3 is 2.40 bits per heavy atom. The molecule has 0 aliphatic heterocycles. The SMILES string of the molecule is OC(Cn1nccn1)c1ccc(F)cc1. The molecule has 0 radical (unpaired) electrons. The van der Waals surface area contributed by atoms with Crippen molar-refractivity contribution in [2.45, 2.75) is 12.6 Å². The van der Waals surface area contributed by atoms with Crippen molar-refractivity contribution >= 4 is 0 Å². The van der Waals surface area contributed by atoms with E-state index in [0.717, 1.165) is 0 Å². The van der Waals surface area contributed by atoms with Crippen LogP contribution in [0, 0.1) is 5.82 Å². The lowest BCUT2D eigenvalue weighted by Gasteiger charge is -2.09. The summed E-state index contributed by atoms with van der Waals surface area (Å²) in [6, 6.07) is 5.72. The van der Waals surface area contributed by atoms with E-state index in [9.17, 15) is 9.50 Å². The maximum absolute atomic E-state index is 12.6. The number of nitrogens with zero attached hydrogens (tertiary/aromatic N) is 3. The van der Waals surface area contributed by atoms with Crippen LogP contribution in [-0.2, 0) is 6.54 Å². The van der Waals surface area contributed by atoms with Crippen LogP contribution in [0.25, 0.3) is 0 Å². The predicted molar refractivity (Wildman–Crippen MR) is 51.4 cm³/mol. The fraction of sp³-hybridized carbons (Fsp3) is 0.200. The van der Waals surface area contributed by atoms with Gasteiger partial charge in [-0.1, -0.05) is 12.1 Å². The summed E-state index contributed by atoms with van der Waals surface area (Å²) in [6.45, 7) is 0.263. The zero-order valence-electron chi connectivity index (χ0n) is 7.92. The van der Waals surface area contributed by atoms with Crippen LogP contribution in [0.5, 0.6) is 0 Å². The fourth-order valence-electron chi connectivity index (χ4n) is 1.28. The molecular formula is C10H10FN3O. The first kappa shape index (κ1) is 9.79. The van der Waals surface area contributed by atoms with Crippen molar-refractivity contribution in [2.75, 3.05) is 0 Å². The molecule has 1 unspecified atom stereocenters. The summed E-state index contributed by atoms with van der Waals surface area (Å²) < 4.78 is 12.6. The standard InChI is InChI=1S/C10H10FN3O/c11-9-3-1-8(2-4-9)10(15)7-14-12-5-6-13-14/h1-6,10,15H,7H2. The smallest absolute Gasteiger partial charge is 0.123 e. The molecule has 1 N–H and O–H groups in total. The van der Waals surface area contributed by atoms with Gasteiger partial charge in [0.15, 0.2) is 0 Å². The minimum atomic E-state index is -0.724. The van der Waals surface area contributed by atoms with Gasteiger partial charge < -0.3 is 5.11 Å². The zero-order chi connectivity index (χ0) is 10.7. The molecule has 0 aliphatic carbocycles. The second-order valence-electron chi connectivity index (χ2n) is 3.15. The molecule has 5 heteroatoms. The maximum Gasteiger partial charge on any atom is 0.123 e. The Hall–Kier alpha value is -1.75. The van der Waals surface area contributed by atoms with Gasteiger partial charge in [-0.3, -0.25) is 0 Å². The molecule has 4 nitrogen and oxygen atoms in total. The highest BCUT2D eigenvalue weighted by molar-refractivity contribution is 5.18. The molecule has 0 saturated heterocycles. The largest absolute Gasteiger partial charge is 0.386 e. The van der Waals surface area contributed by atoms with E-state index in [-0.39, 0.29) is 12.4 Å². The third-order valence-corrected chi connectivity index (χ3v) is 2.06. The Morgan fingerprint density at radius 1 is 1.20 bits per heavy atom. The second-order valence-corrected chi connectivity index (χ2v) is 3.15. The van der Waals surface area contributed by atoms with Crippen LogP contribution in [0.1, 0.15) is 11.7 Å². The van der Waals surface area contributed by atoms with Crippen LogP contribution in [0.4, 0.5) is 4.39 Å². The number of aromatic nitrogens is 3. The van der Waals surface area contributed by atoms with Gasteiger partial charge in [0.2, 0.25) is 0 Å². The van der Waals surface area contributed by atoms with Gasteiger partial charge >= 0.3 is 0 Å². The summed E-state index contributed by atoms with van der Waals surface area (Å²) in [4.78, 5) is 1.38. The van der Waals surface area contributed by atoms with E-state index in [0.29, 0.717) is 5.56 Å². The molecule has 1 heterocycles. The molecule has 1 aromatic heterocycles. The Morgan fingerprint density at radius 2 is 1.80 bits per heavy atom. The first-order chi connectivity index (χ1) is 7.25. The molecule has 0 spiro atoms. The zero-order valence-corrected chi connectivity index (χ0v) is 7.92. The highest BCUT2D eigenvalue weighted by atomic mass is 19.1. The Labute approximate surface area is 86.0 Å². The van der Waals surface area contributed by atoms with Crippen molar-refractivity contribution in [3.63, 3.8) is 0 Å². The average Bonchev–Trinajstić information content (AvgIpc) is 2.71. The monoisotopic (exact) mass is 207 g/mol. The van der Waals surface area contributed by atoms with Gasteiger partial charge in [0, 0.05) is 0 Å². The first-order valence-corrected chi connectivity index (χ1v) is 4.53. The Balaban J connectivity index is 2.08. The number of aliphatic hydroxyl groups is 1. The number of halogens is 1. The number of benzene rings is 1. The number of hydrogen-bond donors (Lipinski definition) is 1. The lowest BCUT2D eigenvalue weighted by atomic mass is 10.1. The number of rotatable bonds is 3. The second kappa shape index (κ2) is 4.18. The van der Waals surface area contributed by atoms with E-state index in [1.54, 1.807) is 12.1 Å². The van der Waals surface area contributed by atoms with E-state index < -0.39 is 6.10 Å². The van der Waals surface area contributed by atoms with Gasteiger partial charge in [0.05, 0.1) is 18.9 Å². The molecular weight excluding hydrogens is 197 g/mol. The van der Waals surface area contributed by atoms with Crippen molar-refractivity contribution in [3.05, 3.63) is 48.0 Å². The fourth-order valence-corrected chi connectivity index (χ4v) is 1.28. The molecule has 0 fully saturated rings. The topological polar surface area (TPSA) is 50.9 Å². The minimum absolute atomic E-state index is 0.263. The van der Waals surface area contributed by atoms with E-state index in [1.807, 2.05) is 0 Å². The molecule has 1 aromatic carbocycles. The molecule has 78 valence electrons. The number of hydrogen-bond acceptors (Lipinski definition) is 3. The summed E-state index contributed by atoms with van der Waals surface area (Å²) in [5.41, 5.74) is 0.647. The number of aliphatic hydroxyl groups excluding tert-OH is 1. The van der Waals surface area contributed by atoms with Crippen molar-refractivity contribution in [3.8, 4) is 0 Å². The molecule has 2 rings (SSSR count). The highest BCUT2D eigenvalue weighted by Gasteiger charge is 2.08. The van der Waals surface area contributed by atoms with E-state index in [2.05, 4.69) is 10.2 Å². The van der Waals surface area contributed by atoms with E-state index in [1.165, 1.54) is 29.3 Å². The summed E-state index contributed by atoms with van der Waals surface area (Å²) in [6.07, 6.45) is 2.35. The summed E-state index contributed by atoms with van der Waals surface area (Å²) in [5.74, 6) is -0.317. The van der Waals surface area contributed by atoms with Gasteiger partial charge in [0.25, 0.3) is 0 Å². The maximum atomic E-state index is 12.6. The molecule has 0 bridgehead atoms. The summed E-state index contributed by atoms with van der Waals surface area (Å²) >= 11 is 0. The lowest BCUT2D eigenvalue weighted by molar-refractivity contribution is 0.145. The van der Waals surface area contributed by atoms with Crippen LogP contribution >= 0.6 is 0 Å². The van der Waals surface area contributed by atoms with E-state index in [4.69, 9.17) is 0 Å². The van der Waals surface area contributed by atoms with Gasteiger partial charge in [-0.25, -0.2) is 4.39 Å². The van der Waals surface area contributed by atoms with Gasteiger partial charge in [-0.15, -0.1) is 0 Å². The van der Waals surface area contributed by atoms with Crippen LogP contribution in [0.15, 0.2) is 36.7 Å².